The largest absolute Gasteiger partial charge is 0.395 e. The SMILES string of the molecule is CN(Cc1cccc(C#CCCO)c1)CC1CCCOC1. The molecule has 1 atom stereocenters. The molecule has 0 saturated carbocycles. The molecular weight excluding hydrogens is 262 g/mol. The van der Waals surface area contributed by atoms with Crippen molar-refractivity contribution in [3.63, 3.8) is 0 Å². The Morgan fingerprint density at radius 1 is 1.43 bits per heavy atom. The maximum atomic E-state index is 8.75. The number of hydrogen-bond donors (Lipinski definition) is 1. The highest BCUT2D eigenvalue weighted by Gasteiger charge is 2.15. The fraction of sp³-hybridized carbons (Fsp3) is 0.556. The van der Waals surface area contributed by atoms with E-state index >= 15 is 0 Å². The second-order valence-corrected chi connectivity index (χ2v) is 5.76. The summed E-state index contributed by atoms with van der Waals surface area (Å²) in [7, 11) is 2.17. The Morgan fingerprint density at radius 3 is 3.10 bits per heavy atom. The van der Waals surface area contributed by atoms with Crippen molar-refractivity contribution in [1.82, 2.24) is 4.90 Å². The third kappa shape index (κ3) is 5.89. The van der Waals surface area contributed by atoms with Gasteiger partial charge in [-0.25, -0.2) is 0 Å². The van der Waals surface area contributed by atoms with Crippen molar-refractivity contribution in [1.29, 1.82) is 0 Å². The standard InChI is InChI=1S/C18H25NO2/c1-19(14-18-9-5-11-21-15-18)13-17-8-4-7-16(12-17)6-2-3-10-20/h4,7-8,12,18,20H,3,5,9-11,13-15H2,1H3. The Hall–Kier alpha value is -1.34. The molecule has 0 amide bonds. The van der Waals surface area contributed by atoms with Crippen LogP contribution in [0.1, 0.15) is 30.4 Å². The summed E-state index contributed by atoms with van der Waals surface area (Å²) in [6.45, 7) is 3.97. The van der Waals surface area contributed by atoms with E-state index in [2.05, 4.69) is 42.0 Å². The van der Waals surface area contributed by atoms with Crippen LogP contribution in [-0.2, 0) is 11.3 Å². The number of hydrogen-bond acceptors (Lipinski definition) is 3. The first-order valence-corrected chi connectivity index (χ1v) is 7.73. The summed E-state index contributed by atoms with van der Waals surface area (Å²) in [5.74, 6) is 6.72. The highest BCUT2D eigenvalue weighted by molar-refractivity contribution is 5.37. The molecular formula is C18H25NO2. The van der Waals surface area contributed by atoms with Gasteiger partial charge in [0.1, 0.15) is 0 Å². The van der Waals surface area contributed by atoms with E-state index in [1.54, 1.807) is 0 Å². The van der Waals surface area contributed by atoms with Crippen LogP contribution < -0.4 is 0 Å². The van der Waals surface area contributed by atoms with Gasteiger partial charge >= 0.3 is 0 Å². The van der Waals surface area contributed by atoms with Gasteiger partial charge in [0.25, 0.3) is 0 Å². The van der Waals surface area contributed by atoms with Crippen LogP contribution in [0.15, 0.2) is 24.3 Å². The molecule has 1 saturated heterocycles. The van der Waals surface area contributed by atoms with E-state index in [9.17, 15) is 0 Å². The van der Waals surface area contributed by atoms with Crippen LogP contribution >= 0.6 is 0 Å². The molecule has 0 aliphatic carbocycles. The van der Waals surface area contributed by atoms with Crippen molar-refractivity contribution in [2.24, 2.45) is 5.92 Å². The predicted octanol–water partition coefficient (Wildman–Crippen LogP) is 2.28. The molecule has 1 aliphatic heterocycles. The van der Waals surface area contributed by atoms with Crippen LogP contribution in [-0.4, -0.2) is 43.4 Å². The highest BCUT2D eigenvalue weighted by Crippen LogP contribution is 2.16. The van der Waals surface area contributed by atoms with Gasteiger partial charge in [0.05, 0.1) is 13.2 Å². The summed E-state index contributed by atoms with van der Waals surface area (Å²) < 4.78 is 5.54. The van der Waals surface area contributed by atoms with Gasteiger partial charge in [-0.3, -0.25) is 0 Å². The lowest BCUT2D eigenvalue weighted by molar-refractivity contribution is 0.0411. The minimum Gasteiger partial charge on any atom is -0.395 e. The normalized spacial score (nSPS) is 18.3. The first-order valence-electron chi connectivity index (χ1n) is 7.73. The second kappa shape index (κ2) is 8.84. The summed E-state index contributed by atoms with van der Waals surface area (Å²) >= 11 is 0. The van der Waals surface area contributed by atoms with Gasteiger partial charge in [0, 0.05) is 31.7 Å². The lowest BCUT2D eigenvalue weighted by Gasteiger charge is -2.27. The van der Waals surface area contributed by atoms with Crippen molar-refractivity contribution in [2.75, 3.05) is 33.4 Å². The molecule has 3 heteroatoms. The lowest BCUT2D eigenvalue weighted by Crippen LogP contribution is -2.30. The molecule has 0 bridgehead atoms. The van der Waals surface area contributed by atoms with Gasteiger partial charge in [0.2, 0.25) is 0 Å². The maximum Gasteiger partial charge on any atom is 0.0540 e. The zero-order valence-electron chi connectivity index (χ0n) is 12.8. The fourth-order valence-corrected chi connectivity index (χ4v) is 2.74. The molecule has 1 N–H and O–H groups in total. The molecule has 1 unspecified atom stereocenters. The minimum absolute atomic E-state index is 0.124. The Morgan fingerprint density at radius 2 is 2.33 bits per heavy atom. The average molecular weight is 287 g/mol. The molecule has 114 valence electrons. The zero-order chi connectivity index (χ0) is 14.9. The number of aliphatic hydroxyl groups excluding tert-OH is 1. The van der Waals surface area contributed by atoms with Crippen molar-refractivity contribution in [2.45, 2.75) is 25.8 Å². The van der Waals surface area contributed by atoms with Crippen LogP contribution in [0.3, 0.4) is 0 Å². The van der Waals surface area contributed by atoms with Crippen LogP contribution in [0, 0.1) is 17.8 Å². The van der Waals surface area contributed by atoms with Gasteiger partial charge in [-0.15, -0.1) is 0 Å². The topological polar surface area (TPSA) is 32.7 Å². The van der Waals surface area contributed by atoms with E-state index < -0.39 is 0 Å². The fourth-order valence-electron chi connectivity index (χ4n) is 2.74. The maximum absolute atomic E-state index is 8.75. The molecule has 1 aromatic carbocycles. The Balaban J connectivity index is 1.86. The monoisotopic (exact) mass is 287 g/mol. The Kier molecular flexibility index (Phi) is 6.75. The molecule has 0 aromatic heterocycles. The van der Waals surface area contributed by atoms with Gasteiger partial charge < -0.3 is 14.7 Å². The summed E-state index contributed by atoms with van der Waals surface area (Å²) in [4.78, 5) is 2.36. The molecule has 21 heavy (non-hydrogen) atoms. The van der Waals surface area contributed by atoms with E-state index in [1.165, 1.54) is 18.4 Å². The molecule has 0 spiro atoms. The lowest BCUT2D eigenvalue weighted by atomic mass is 10.0. The number of benzene rings is 1. The van der Waals surface area contributed by atoms with Crippen molar-refractivity contribution in [3.05, 3.63) is 35.4 Å². The first-order chi connectivity index (χ1) is 10.3. The van der Waals surface area contributed by atoms with Crippen molar-refractivity contribution >= 4 is 0 Å². The average Bonchev–Trinajstić information content (AvgIpc) is 2.49. The zero-order valence-corrected chi connectivity index (χ0v) is 12.8. The third-order valence-electron chi connectivity index (χ3n) is 3.67. The molecule has 3 nitrogen and oxygen atoms in total. The first kappa shape index (κ1) is 16.0. The predicted molar refractivity (Wildman–Crippen MR) is 84.9 cm³/mol. The quantitative estimate of drug-likeness (QED) is 0.843. The van der Waals surface area contributed by atoms with E-state index in [4.69, 9.17) is 9.84 Å². The summed E-state index contributed by atoms with van der Waals surface area (Å²) in [5.41, 5.74) is 2.31. The molecule has 0 radical (unpaired) electrons. The Labute approximate surface area is 127 Å². The van der Waals surface area contributed by atoms with Crippen LogP contribution in [0.4, 0.5) is 0 Å². The van der Waals surface area contributed by atoms with Crippen LogP contribution in [0.2, 0.25) is 0 Å². The molecule has 1 aliphatic rings. The number of aliphatic hydroxyl groups is 1. The van der Waals surface area contributed by atoms with Crippen molar-refractivity contribution in [3.8, 4) is 11.8 Å². The minimum atomic E-state index is 0.124. The highest BCUT2D eigenvalue weighted by atomic mass is 16.5. The van der Waals surface area contributed by atoms with Crippen LogP contribution in [0.25, 0.3) is 0 Å². The van der Waals surface area contributed by atoms with Crippen molar-refractivity contribution < 1.29 is 9.84 Å². The van der Waals surface area contributed by atoms with E-state index in [0.717, 1.165) is 31.9 Å². The Bertz CT molecular complexity index is 483. The van der Waals surface area contributed by atoms with Gasteiger partial charge in [-0.1, -0.05) is 24.0 Å². The molecule has 1 aromatic rings. The summed E-state index contributed by atoms with van der Waals surface area (Å²) in [6, 6.07) is 8.35. The second-order valence-electron chi connectivity index (χ2n) is 5.76. The number of rotatable bonds is 5. The molecule has 2 rings (SSSR count). The number of ether oxygens (including phenoxy) is 1. The van der Waals surface area contributed by atoms with Crippen LogP contribution in [0.5, 0.6) is 0 Å². The summed E-state index contributed by atoms with van der Waals surface area (Å²) in [6.07, 6.45) is 3.00. The third-order valence-corrected chi connectivity index (χ3v) is 3.67. The summed E-state index contributed by atoms with van der Waals surface area (Å²) in [5, 5.41) is 8.75. The molecule has 1 fully saturated rings. The molecule has 1 heterocycles. The number of nitrogens with zero attached hydrogens (tertiary/aromatic N) is 1. The van der Waals surface area contributed by atoms with Gasteiger partial charge in [-0.2, -0.15) is 0 Å². The smallest absolute Gasteiger partial charge is 0.0540 e. The van der Waals surface area contributed by atoms with E-state index in [0.29, 0.717) is 12.3 Å². The van der Waals surface area contributed by atoms with E-state index in [1.807, 2.05) is 6.07 Å². The van der Waals surface area contributed by atoms with Gasteiger partial charge in [-0.05, 0) is 43.5 Å². The van der Waals surface area contributed by atoms with Gasteiger partial charge in [0.15, 0.2) is 0 Å². The van der Waals surface area contributed by atoms with E-state index in [-0.39, 0.29) is 6.61 Å².